The van der Waals surface area contributed by atoms with Crippen molar-refractivity contribution in [1.29, 1.82) is 0 Å². The van der Waals surface area contributed by atoms with Gasteiger partial charge in [0.1, 0.15) is 30.5 Å². The highest BCUT2D eigenvalue weighted by Gasteiger charge is 2.58. The lowest BCUT2D eigenvalue weighted by atomic mass is 9.87. The van der Waals surface area contributed by atoms with E-state index in [1.54, 1.807) is 30.3 Å². The predicted octanol–water partition coefficient (Wildman–Crippen LogP) is 14.3. The Morgan fingerprint density at radius 2 is 1.34 bits per heavy atom. The lowest BCUT2D eigenvalue weighted by Gasteiger charge is -2.56. The molecule has 0 spiro atoms. The predicted molar refractivity (Wildman–Crippen MR) is 282 cm³/mol. The number of allylic oxidation sites excluding steroid dienone is 1. The Bertz CT molecular complexity index is 1700. The van der Waals surface area contributed by atoms with Crippen molar-refractivity contribution in [2.75, 3.05) is 6.61 Å². The Kier molecular flexibility index (Phi) is 21.2. The Morgan fingerprint density at radius 1 is 0.800 bits per heavy atom. The first kappa shape index (κ1) is 58.3. The average Bonchev–Trinajstić information content (AvgIpc) is 3.19. The number of fused-ring (bicyclic) bond motifs is 1. The van der Waals surface area contributed by atoms with E-state index in [0.29, 0.717) is 29.5 Å². The number of hydrogen-bond acceptors (Lipinski definition) is 9. The van der Waals surface area contributed by atoms with E-state index >= 15 is 0 Å². The summed E-state index contributed by atoms with van der Waals surface area (Å²) in [5.74, 6) is -0.517. The molecule has 2 aliphatic rings. The van der Waals surface area contributed by atoms with Gasteiger partial charge < -0.3 is 31.9 Å². The number of carbonyl (C=O) groups excluding carboxylic acids is 2. The topological polar surface area (TPSA) is 98.8 Å². The van der Waals surface area contributed by atoms with E-state index in [1.165, 1.54) is 0 Å². The first-order valence-corrected chi connectivity index (χ1v) is 36.7. The van der Waals surface area contributed by atoms with Crippen LogP contribution in [0.5, 0.6) is 0 Å². The quantitative estimate of drug-likeness (QED) is 0.0603. The maximum absolute atomic E-state index is 14.0. The maximum atomic E-state index is 14.0. The fraction of sp³-hybridized carbons (Fsp3) is 0.765. The zero-order chi connectivity index (χ0) is 49.4. The molecule has 0 amide bonds. The van der Waals surface area contributed by atoms with Gasteiger partial charge >= 0.3 is 5.97 Å². The highest BCUT2D eigenvalue weighted by Crippen LogP contribution is 2.47. The molecule has 0 unspecified atom stereocenters. The van der Waals surface area contributed by atoms with Crippen molar-refractivity contribution < 1.29 is 41.5 Å². The minimum Gasteiger partial charge on any atom is -0.458 e. The second-order valence-electron chi connectivity index (χ2n) is 23.3. The largest absolute Gasteiger partial charge is 0.458 e. The van der Waals surface area contributed by atoms with Crippen LogP contribution in [0.25, 0.3) is 0 Å². The number of hydrogen-bond donors (Lipinski definition) is 0. The molecule has 2 fully saturated rings. The molecule has 0 aliphatic carbocycles. The lowest BCUT2D eigenvalue weighted by Crippen LogP contribution is -2.69. The van der Waals surface area contributed by atoms with Crippen molar-refractivity contribution in [3.8, 4) is 0 Å². The van der Waals surface area contributed by atoms with E-state index in [2.05, 4.69) is 145 Å². The molecule has 1 aromatic carbocycles. The normalized spacial score (nSPS) is 23.8. The van der Waals surface area contributed by atoms with E-state index in [-0.39, 0.29) is 45.6 Å². The van der Waals surface area contributed by atoms with Gasteiger partial charge in [-0.05, 0) is 121 Å². The van der Waals surface area contributed by atoms with E-state index in [4.69, 9.17) is 31.9 Å². The second kappa shape index (κ2) is 23.7. The molecule has 0 bridgehead atoms. The first-order chi connectivity index (χ1) is 29.8. The summed E-state index contributed by atoms with van der Waals surface area (Å²) in [6.45, 7) is 45.6. The monoisotopic (exact) mass is 1040 g/mol. The van der Waals surface area contributed by atoms with Gasteiger partial charge in [0.15, 0.2) is 39.1 Å². The van der Waals surface area contributed by atoms with Crippen LogP contribution in [0.4, 0.5) is 0 Å². The van der Waals surface area contributed by atoms with Crippen LogP contribution in [-0.2, 0) is 36.7 Å². The Morgan fingerprint density at radius 3 is 1.85 bits per heavy atom. The summed E-state index contributed by atoms with van der Waals surface area (Å²) in [5, 5.41) is -0.315. The minimum absolute atomic E-state index is 0.0157. The van der Waals surface area contributed by atoms with Gasteiger partial charge in [-0.1, -0.05) is 130 Å². The number of halogens is 1. The summed E-state index contributed by atoms with van der Waals surface area (Å²) in [6.07, 6.45) is 3.69. The summed E-state index contributed by atoms with van der Waals surface area (Å²) in [4.78, 5) is 27.1. The third-order valence-electron chi connectivity index (χ3n) is 15.5. The van der Waals surface area contributed by atoms with Crippen molar-refractivity contribution in [3.63, 3.8) is 0 Å². The fourth-order valence-corrected chi connectivity index (χ4v) is 14.7. The second-order valence-corrected chi connectivity index (χ2v) is 43.5. The number of ether oxygens (including phenoxy) is 3. The van der Waals surface area contributed by atoms with Gasteiger partial charge in [-0.3, -0.25) is 4.79 Å². The molecule has 8 atom stereocenters. The van der Waals surface area contributed by atoms with Crippen LogP contribution < -0.4 is 0 Å². The maximum Gasteiger partial charge on any atom is 0.338 e. The van der Waals surface area contributed by atoms with Crippen LogP contribution in [0, 0.1) is 0 Å². The van der Waals surface area contributed by atoms with Crippen molar-refractivity contribution >= 4 is 61.0 Å². The highest BCUT2D eigenvalue weighted by atomic mass is 79.9. The summed E-state index contributed by atoms with van der Waals surface area (Å²) < 4.78 is 50.6. The molecule has 65 heavy (non-hydrogen) atoms. The molecule has 2 saturated heterocycles. The van der Waals surface area contributed by atoms with Crippen LogP contribution in [0.2, 0.25) is 72.5 Å². The van der Waals surface area contributed by atoms with Gasteiger partial charge in [0.05, 0.1) is 23.9 Å². The first-order valence-electron chi connectivity index (χ1n) is 24.6. The Hall–Kier alpha value is -1.05. The number of rotatable bonds is 23. The standard InChI is InChI=1S/C51H91BrO9Si4/c1-20-65(21-2,22-3)55-35-34-40-31-33-42-44(56-40)46(60-63(16,17)50(8,9)10)47(61-64(18,19)51(11,12)13)45(58-42)43(59-62(14,15)49(5,6)7)32-29-39(53)28-30-41(36-37(4)52)57-48(54)38-26-24-23-25-27-38/h23-27,29,32,40-47H,4,20-22,28,30-31,33-36H2,1-3,5-19H3/b32-29+/t40-,41+,42+,43+,44+,45+,46+,47-/m1/s1. The average molecular weight is 1040 g/mol. The number of carbonyl (C=O) groups is 2. The van der Waals surface area contributed by atoms with Crippen LogP contribution >= 0.6 is 15.9 Å². The molecule has 14 heteroatoms. The number of benzene rings is 1. The molecule has 3 rings (SSSR count). The summed E-state index contributed by atoms with van der Waals surface area (Å²) in [7, 11) is -9.15. The van der Waals surface area contributed by atoms with Gasteiger partial charge in [-0.2, -0.15) is 0 Å². The van der Waals surface area contributed by atoms with Crippen molar-refractivity contribution in [3.05, 3.63) is 59.1 Å². The molecule has 0 N–H and O–H groups in total. The van der Waals surface area contributed by atoms with Crippen LogP contribution in [-0.4, -0.2) is 100 Å². The van der Waals surface area contributed by atoms with Crippen molar-refractivity contribution in [2.24, 2.45) is 0 Å². The van der Waals surface area contributed by atoms with Crippen molar-refractivity contribution in [2.45, 2.75) is 243 Å². The van der Waals surface area contributed by atoms with Gasteiger partial charge in [-0.15, -0.1) is 0 Å². The third kappa shape index (κ3) is 16.3. The molecule has 9 nitrogen and oxygen atoms in total. The Labute approximate surface area is 408 Å². The van der Waals surface area contributed by atoms with E-state index in [0.717, 1.165) is 37.4 Å². The molecule has 1 aromatic rings. The van der Waals surface area contributed by atoms with Gasteiger partial charge in [0.25, 0.3) is 0 Å². The molecule has 372 valence electrons. The SMILES string of the molecule is C=C(Br)C[C@H](CCC(=O)/C=C/[C@H](O[Si](C)(C)C(C)(C)C)[C@@H]1O[C@H]2CC[C@H](CCO[Si](CC)(CC)CC)O[C@@H]2[C@H](O[Si](C)(C)C(C)(C)C)[C@@H]1O[Si](C)(C)C(C)(C)C)OC(=O)c1ccccc1. The van der Waals surface area contributed by atoms with Crippen LogP contribution in [0.1, 0.15) is 132 Å². The van der Waals surface area contributed by atoms with E-state index < -0.39 is 69.8 Å². The fourth-order valence-electron chi connectivity index (χ4n) is 7.79. The summed E-state index contributed by atoms with van der Waals surface area (Å²) in [5.41, 5.74) is 0.464. The molecule has 2 heterocycles. The Balaban J connectivity index is 2.12. The van der Waals surface area contributed by atoms with Crippen LogP contribution in [0.3, 0.4) is 0 Å². The van der Waals surface area contributed by atoms with E-state index in [1.807, 2.05) is 12.1 Å². The summed E-state index contributed by atoms with van der Waals surface area (Å²) >= 11 is 3.45. The smallest absolute Gasteiger partial charge is 0.338 e. The molecular formula is C51H91BrO9Si4. The lowest BCUT2D eigenvalue weighted by molar-refractivity contribution is -0.267. The molecule has 2 aliphatic heterocycles. The number of esters is 1. The zero-order valence-electron chi connectivity index (χ0n) is 44.0. The highest BCUT2D eigenvalue weighted by molar-refractivity contribution is 9.11. The third-order valence-corrected chi connectivity index (χ3v) is 34.0. The zero-order valence-corrected chi connectivity index (χ0v) is 49.6. The molecule has 0 radical (unpaired) electrons. The number of ketones is 1. The van der Waals surface area contributed by atoms with Gasteiger partial charge in [-0.25, -0.2) is 4.79 Å². The molecular weight excluding hydrogens is 949 g/mol. The summed E-state index contributed by atoms with van der Waals surface area (Å²) in [6, 6.07) is 12.3. The molecule has 0 saturated carbocycles. The van der Waals surface area contributed by atoms with E-state index in [9.17, 15) is 9.59 Å². The minimum atomic E-state index is -2.49. The van der Waals surface area contributed by atoms with Crippen LogP contribution in [0.15, 0.2) is 53.5 Å². The molecule has 0 aromatic heterocycles. The van der Waals surface area contributed by atoms with Crippen molar-refractivity contribution in [1.82, 2.24) is 0 Å². The van der Waals surface area contributed by atoms with Gasteiger partial charge in [0.2, 0.25) is 0 Å². The van der Waals surface area contributed by atoms with Gasteiger partial charge in [0, 0.05) is 19.4 Å².